The van der Waals surface area contributed by atoms with E-state index in [0.29, 0.717) is 11.8 Å². The van der Waals surface area contributed by atoms with E-state index in [1.807, 2.05) is 19.1 Å². The SMILES string of the molecule is CCc1nnc([C@H](C)Sc2ccncc2)o1. The summed E-state index contributed by atoms with van der Waals surface area (Å²) in [5.74, 6) is 1.37. The third kappa shape index (κ3) is 2.61. The number of nitrogens with zero attached hydrogens (tertiary/aromatic N) is 3. The number of aromatic nitrogens is 3. The van der Waals surface area contributed by atoms with E-state index in [0.717, 1.165) is 11.3 Å². The van der Waals surface area contributed by atoms with E-state index in [2.05, 4.69) is 22.1 Å². The van der Waals surface area contributed by atoms with Gasteiger partial charge in [-0.05, 0) is 19.1 Å². The Bertz CT molecular complexity index is 444. The van der Waals surface area contributed by atoms with Crippen LogP contribution >= 0.6 is 11.8 Å². The van der Waals surface area contributed by atoms with Gasteiger partial charge in [-0.3, -0.25) is 4.98 Å². The molecule has 4 nitrogen and oxygen atoms in total. The highest BCUT2D eigenvalue weighted by Gasteiger charge is 2.14. The number of rotatable bonds is 4. The van der Waals surface area contributed by atoms with Crippen molar-refractivity contribution in [3.63, 3.8) is 0 Å². The first-order valence-electron chi connectivity index (χ1n) is 5.18. The molecule has 0 bridgehead atoms. The molecule has 16 heavy (non-hydrogen) atoms. The first-order chi connectivity index (χ1) is 7.79. The van der Waals surface area contributed by atoms with Crippen molar-refractivity contribution in [3.05, 3.63) is 36.3 Å². The molecule has 1 atom stereocenters. The van der Waals surface area contributed by atoms with Crippen LogP contribution in [0.5, 0.6) is 0 Å². The Balaban J connectivity index is 2.05. The maximum absolute atomic E-state index is 5.51. The fraction of sp³-hybridized carbons (Fsp3) is 0.364. The minimum absolute atomic E-state index is 0.162. The minimum atomic E-state index is 0.162. The van der Waals surface area contributed by atoms with E-state index in [-0.39, 0.29) is 5.25 Å². The van der Waals surface area contributed by atoms with E-state index in [4.69, 9.17) is 4.42 Å². The van der Waals surface area contributed by atoms with Crippen molar-refractivity contribution in [2.75, 3.05) is 0 Å². The van der Waals surface area contributed by atoms with Gasteiger partial charge in [0.05, 0.1) is 5.25 Å². The summed E-state index contributed by atoms with van der Waals surface area (Å²) in [5, 5.41) is 8.15. The molecule has 2 rings (SSSR count). The molecular formula is C11H13N3OS. The van der Waals surface area contributed by atoms with Gasteiger partial charge >= 0.3 is 0 Å². The van der Waals surface area contributed by atoms with Crippen LogP contribution in [-0.4, -0.2) is 15.2 Å². The topological polar surface area (TPSA) is 51.8 Å². The first-order valence-corrected chi connectivity index (χ1v) is 6.06. The molecule has 0 fully saturated rings. The summed E-state index contributed by atoms with van der Waals surface area (Å²) in [4.78, 5) is 5.13. The van der Waals surface area contributed by atoms with Gasteiger partial charge in [-0.2, -0.15) is 0 Å². The first kappa shape index (κ1) is 11.1. The van der Waals surface area contributed by atoms with Crippen LogP contribution in [0.2, 0.25) is 0 Å². The van der Waals surface area contributed by atoms with Crippen LogP contribution < -0.4 is 0 Å². The molecule has 0 amide bonds. The summed E-state index contributed by atoms with van der Waals surface area (Å²) in [6.45, 7) is 4.05. The molecule has 0 N–H and O–H groups in total. The lowest BCUT2D eigenvalue weighted by Gasteiger charge is -2.05. The van der Waals surface area contributed by atoms with Crippen LogP contribution in [0, 0.1) is 0 Å². The molecule has 2 aromatic rings. The Morgan fingerprint density at radius 2 is 2.06 bits per heavy atom. The largest absolute Gasteiger partial charge is 0.424 e. The molecule has 0 unspecified atom stereocenters. The summed E-state index contributed by atoms with van der Waals surface area (Å²) >= 11 is 1.68. The summed E-state index contributed by atoms with van der Waals surface area (Å²) in [6, 6.07) is 3.94. The number of thioether (sulfide) groups is 1. The number of pyridine rings is 1. The molecule has 0 saturated carbocycles. The Labute approximate surface area is 98.5 Å². The van der Waals surface area contributed by atoms with Crippen molar-refractivity contribution < 1.29 is 4.42 Å². The maximum Gasteiger partial charge on any atom is 0.229 e. The standard InChI is InChI=1S/C11H13N3OS/c1-3-10-13-14-11(15-10)8(2)16-9-4-6-12-7-5-9/h4-8H,3H2,1-2H3/t8-/m0/s1. The molecule has 0 radical (unpaired) electrons. The molecule has 2 aromatic heterocycles. The lowest BCUT2D eigenvalue weighted by molar-refractivity contribution is 0.456. The molecular weight excluding hydrogens is 222 g/mol. The highest BCUT2D eigenvalue weighted by Crippen LogP contribution is 2.33. The van der Waals surface area contributed by atoms with Gasteiger partial charge in [-0.25, -0.2) is 0 Å². The van der Waals surface area contributed by atoms with Crippen molar-refractivity contribution in [1.82, 2.24) is 15.2 Å². The molecule has 84 valence electrons. The number of aryl methyl sites for hydroxylation is 1. The molecule has 0 spiro atoms. The molecule has 0 aliphatic carbocycles. The van der Waals surface area contributed by atoms with Gasteiger partial charge in [0.15, 0.2) is 0 Å². The van der Waals surface area contributed by atoms with Crippen LogP contribution in [0.4, 0.5) is 0 Å². The third-order valence-electron chi connectivity index (χ3n) is 2.10. The van der Waals surface area contributed by atoms with Gasteiger partial charge in [0.2, 0.25) is 11.8 Å². The zero-order chi connectivity index (χ0) is 11.4. The summed E-state index contributed by atoms with van der Waals surface area (Å²) in [5.41, 5.74) is 0. The zero-order valence-corrected chi connectivity index (χ0v) is 10.1. The quantitative estimate of drug-likeness (QED) is 0.763. The van der Waals surface area contributed by atoms with Gasteiger partial charge < -0.3 is 4.42 Å². The van der Waals surface area contributed by atoms with E-state index in [1.165, 1.54) is 0 Å². The lowest BCUT2D eigenvalue weighted by atomic mass is 10.5. The fourth-order valence-electron chi connectivity index (χ4n) is 1.25. The maximum atomic E-state index is 5.51. The number of hydrogen-bond donors (Lipinski definition) is 0. The number of hydrogen-bond acceptors (Lipinski definition) is 5. The normalized spacial score (nSPS) is 12.6. The molecule has 5 heteroatoms. The van der Waals surface area contributed by atoms with Gasteiger partial charge in [-0.1, -0.05) is 6.92 Å². The highest BCUT2D eigenvalue weighted by molar-refractivity contribution is 7.99. The molecule has 0 saturated heterocycles. The van der Waals surface area contributed by atoms with E-state index < -0.39 is 0 Å². The lowest BCUT2D eigenvalue weighted by Crippen LogP contribution is -1.88. The average molecular weight is 235 g/mol. The predicted molar refractivity (Wildman–Crippen MR) is 62.2 cm³/mol. The average Bonchev–Trinajstić information content (AvgIpc) is 2.79. The minimum Gasteiger partial charge on any atom is -0.424 e. The van der Waals surface area contributed by atoms with Crippen molar-refractivity contribution in [3.8, 4) is 0 Å². The van der Waals surface area contributed by atoms with Crippen molar-refractivity contribution in [2.24, 2.45) is 0 Å². The summed E-state index contributed by atoms with van der Waals surface area (Å²) in [6.07, 6.45) is 4.33. The smallest absolute Gasteiger partial charge is 0.229 e. The van der Waals surface area contributed by atoms with Crippen LogP contribution in [0.1, 0.15) is 30.9 Å². The summed E-state index contributed by atoms with van der Waals surface area (Å²) in [7, 11) is 0. The van der Waals surface area contributed by atoms with Gasteiger partial charge in [-0.15, -0.1) is 22.0 Å². The van der Waals surface area contributed by atoms with Crippen LogP contribution in [0.3, 0.4) is 0 Å². The molecule has 2 heterocycles. The Morgan fingerprint density at radius 3 is 2.69 bits per heavy atom. The van der Waals surface area contributed by atoms with Gasteiger partial charge in [0, 0.05) is 23.7 Å². The van der Waals surface area contributed by atoms with E-state index in [9.17, 15) is 0 Å². The van der Waals surface area contributed by atoms with Crippen LogP contribution in [0.15, 0.2) is 33.8 Å². The fourth-order valence-corrected chi connectivity index (χ4v) is 2.13. The predicted octanol–water partition coefficient (Wildman–Crippen LogP) is 2.88. The Kier molecular flexibility index (Phi) is 3.56. The highest BCUT2D eigenvalue weighted by atomic mass is 32.2. The summed E-state index contributed by atoms with van der Waals surface area (Å²) < 4.78 is 5.51. The Hall–Kier alpha value is -1.36. The monoisotopic (exact) mass is 235 g/mol. The van der Waals surface area contributed by atoms with Gasteiger partial charge in [0.25, 0.3) is 0 Å². The van der Waals surface area contributed by atoms with Crippen molar-refractivity contribution in [1.29, 1.82) is 0 Å². The molecule has 0 aromatic carbocycles. The van der Waals surface area contributed by atoms with E-state index >= 15 is 0 Å². The third-order valence-corrected chi connectivity index (χ3v) is 3.19. The van der Waals surface area contributed by atoms with Gasteiger partial charge in [0.1, 0.15) is 0 Å². The molecule has 0 aliphatic rings. The second-order valence-corrected chi connectivity index (χ2v) is 4.74. The second kappa shape index (κ2) is 5.12. The van der Waals surface area contributed by atoms with Crippen LogP contribution in [-0.2, 0) is 6.42 Å². The van der Waals surface area contributed by atoms with Crippen LogP contribution in [0.25, 0.3) is 0 Å². The molecule has 0 aliphatic heterocycles. The van der Waals surface area contributed by atoms with E-state index in [1.54, 1.807) is 24.2 Å². The Morgan fingerprint density at radius 1 is 1.31 bits per heavy atom. The zero-order valence-electron chi connectivity index (χ0n) is 9.25. The van der Waals surface area contributed by atoms with Crippen molar-refractivity contribution >= 4 is 11.8 Å². The van der Waals surface area contributed by atoms with Crippen molar-refractivity contribution in [2.45, 2.75) is 30.4 Å². The second-order valence-electron chi connectivity index (χ2n) is 3.33.